The van der Waals surface area contributed by atoms with Crippen LogP contribution in [0.25, 0.3) is 0 Å². The molecule has 1 aromatic carbocycles. The van der Waals surface area contributed by atoms with Gasteiger partial charge in [-0.15, -0.1) is 0 Å². The summed E-state index contributed by atoms with van der Waals surface area (Å²) in [6, 6.07) is 13.2. The molecule has 2 aromatic rings. The van der Waals surface area contributed by atoms with E-state index in [1.54, 1.807) is 24.3 Å². The molecule has 4 heteroatoms. The average Bonchev–Trinajstić information content (AvgIpc) is 2.46. The van der Waals surface area contributed by atoms with E-state index in [0.29, 0.717) is 6.54 Å². The Morgan fingerprint density at radius 1 is 1.22 bits per heavy atom. The number of carbonyl (C=O) groups excluding carboxylic acids is 1. The van der Waals surface area contributed by atoms with Crippen LogP contribution in [0, 0.1) is 0 Å². The summed E-state index contributed by atoms with van der Waals surface area (Å²) in [6.45, 7) is 0.476. The van der Waals surface area contributed by atoms with Gasteiger partial charge in [0.2, 0.25) is 0 Å². The first-order valence-corrected chi connectivity index (χ1v) is 5.73. The normalized spacial score (nSPS) is 9.83. The van der Waals surface area contributed by atoms with Gasteiger partial charge in [-0.05, 0) is 23.8 Å². The Labute approximate surface area is 106 Å². The number of rotatable bonds is 3. The first-order chi connectivity index (χ1) is 8.77. The molecule has 1 heterocycles. The number of benzene rings is 1. The molecule has 0 radical (unpaired) electrons. The van der Waals surface area contributed by atoms with Gasteiger partial charge in [0.25, 0.3) is 0 Å². The third-order valence-corrected chi connectivity index (χ3v) is 2.61. The second-order valence-electron chi connectivity index (χ2n) is 3.91. The molecule has 4 nitrogen and oxygen atoms in total. The first kappa shape index (κ1) is 12.1. The highest BCUT2D eigenvalue weighted by molar-refractivity contribution is 5.91. The van der Waals surface area contributed by atoms with Crippen LogP contribution in [-0.2, 0) is 6.54 Å². The zero-order valence-corrected chi connectivity index (χ0v) is 10.2. The van der Waals surface area contributed by atoms with Crippen molar-refractivity contribution >= 4 is 11.7 Å². The second-order valence-corrected chi connectivity index (χ2v) is 3.91. The van der Waals surface area contributed by atoms with Gasteiger partial charge >= 0.3 is 6.03 Å². The molecular weight excluding hydrogens is 226 g/mol. The van der Waals surface area contributed by atoms with E-state index >= 15 is 0 Å². The van der Waals surface area contributed by atoms with Crippen LogP contribution in [0.15, 0.2) is 54.9 Å². The number of hydrogen-bond donors (Lipinski definition) is 1. The zero-order chi connectivity index (χ0) is 12.8. The van der Waals surface area contributed by atoms with Crippen molar-refractivity contribution in [2.24, 2.45) is 0 Å². The van der Waals surface area contributed by atoms with Gasteiger partial charge in [0.1, 0.15) is 0 Å². The lowest BCUT2D eigenvalue weighted by molar-refractivity contribution is 0.247. The van der Waals surface area contributed by atoms with Crippen LogP contribution in [0.4, 0.5) is 10.5 Å². The molecule has 0 unspecified atom stereocenters. The van der Waals surface area contributed by atoms with Crippen molar-refractivity contribution in [2.75, 3.05) is 11.9 Å². The molecule has 0 saturated carbocycles. The van der Waals surface area contributed by atoms with Crippen molar-refractivity contribution in [1.82, 2.24) is 10.3 Å². The van der Waals surface area contributed by atoms with Crippen molar-refractivity contribution in [3.63, 3.8) is 0 Å². The van der Waals surface area contributed by atoms with Gasteiger partial charge in [0.15, 0.2) is 0 Å². The topological polar surface area (TPSA) is 45.2 Å². The molecule has 0 aliphatic carbocycles. The van der Waals surface area contributed by atoms with Gasteiger partial charge in [-0.1, -0.05) is 24.3 Å². The van der Waals surface area contributed by atoms with E-state index in [0.717, 1.165) is 11.3 Å². The fourth-order valence-corrected chi connectivity index (χ4v) is 1.57. The Balaban J connectivity index is 1.93. The molecule has 18 heavy (non-hydrogen) atoms. The van der Waals surface area contributed by atoms with Crippen molar-refractivity contribution in [1.29, 1.82) is 0 Å². The van der Waals surface area contributed by atoms with Gasteiger partial charge < -0.3 is 5.32 Å². The number of anilines is 1. The number of para-hydroxylation sites is 1. The maximum absolute atomic E-state index is 11.9. The first-order valence-electron chi connectivity index (χ1n) is 5.73. The van der Waals surface area contributed by atoms with Crippen LogP contribution in [0.3, 0.4) is 0 Å². The quantitative estimate of drug-likeness (QED) is 0.897. The van der Waals surface area contributed by atoms with E-state index in [-0.39, 0.29) is 6.03 Å². The molecule has 92 valence electrons. The summed E-state index contributed by atoms with van der Waals surface area (Å²) in [5.41, 5.74) is 1.84. The Hall–Kier alpha value is -2.36. The smallest absolute Gasteiger partial charge is 0.321 e. The van der Waals surface area contributed by atoms with Crippen molar-refractivity contribution in [3.8, 4) is 0 Å². The van der Waals surface area contributed by atoms with Gasteiger partial charge in [-0.25, -0.2) is 4.79 Å². The molecule has 0 aliphatic rings. The number of nitrogens with zero attached hydrogens (tertiary/aromatic N) is 2. The molecule has 0 fully saturated rings. The van der Waals surface area contributed by atoms with Crippen LogP contribution in [0.2, 0.25) is 0 Å². The molecule has 0 atom stereocenters. The summed E-state index contributed by atoms with van der Waals surface area (Å²) < 4.78 is 0. The highest BCUT2D eigenvalue weighted by Gasteiger charge is 2.09. The summed E-state index contributed by atoms with van der Waals surface area (Å²) in [6.07, 6.45) is 3.45. The summed E-state index contributed by atoms with van der Waals surface area (Å²) >= 11 is 0. The number of pyridine rings is 1. The van der Waals surface area contributed by atoms with E-state index in [2.05, 4.69) is 10.3 Å². The van der Waals surface area contributed by atoms with Gasteiger partial charge in [0, 0.05) is 31.7 Å². The molecule has 1 N–H and O–H groups in total. The summed E-state index contributed by atoms with van der Waals surface area (Å²) in [4.78, 5) is 17.5. The minimum atomic E-state index is -0.134. The molecule has 1 aromatic heterocycles. The standard InChI is InChI=1S/C14H15N3O/c1-17(13-7-3-2-4-8-13)14(18)16-11-12-6-5-9-15-10-12/h2-10H,11H2,1H3,(H,16,18). The van der Waals surface area contributed by atoms with Crippen molar-refractivity contribution < 1.29 is 4.79 Å². The molecule has 0 spiro atoms. The average molecular weight is 241 g/mol. The fourth-order valence-electron chi connectivity index (χ4n) is 1.57. The Morgan fingerprint density at radius 3 is 2.67 bits per heavy atom. The number of hydrogen-bond acceptors (Lipinski definition) is 2. The largest absolute Gasteiger partial charge is 0.334 e. The third kappa shape index (κ3) is 3.07. The number of amides is 2. The summed E-state index contributed by atoms with van der Waals surface area (Å²) in [5.74, 6) is 0. The SMILES string of the molecule is CN(C(=O)NCc1cccnc1)c1ccccc1. The number of carbonyl (C=O) groups is 1. The summed E-state index contributed by atoms with van der Waals surface area (Å²) in [5, 5.41) is 2.84. The maximum atomic E-state index is 11.9. The van der Waals surface area contributed by atoms with E-state index in [4.69, 9.17) is 0 Å². The van der Waals surface area contributed by atoms with Gasteiger partial charge in [-0.2, -0.15) is 0 Å². The highest BCUT2D eigenvalue weighted by atomic mass is 16.2. The van der Waals surface area contributed by atoms with E-state index in [1.165, 1.54) is 0 Å². The molecular formula is C14H15N3O. The predicted octanol–water partition coefficient (Wildman–Crippen LogP) is 2.43. The second kappa shape index (κ2) is 5.82. The predicted molar refractivity (Wildman–Crippen MR) is 71.3 cm³/mol. The lowest BCUT2D eigenvalue weighted by Crippen LogP contribution is -2.36. The van der Waals surface area contributed by atoms with Crippen LogP contribution in [-0.4, -0.2) is 18.1 Å². The lowest BCUT2D eigenvalue weighted by atomic mass is 10.3. The molecule has 2 rings (SSSR count). The van der Waals surface area contributed by atoms with Crippen molar-refractivity contribution in [2.45, 2.75) is 6.54 Å². The Kier molecular flexibility index (Phi) is 3.91. The molecule has 0 bridgehead atoms. The highest BCUT2D eigenvalue weighted by Crippen LogP contribution is 2.10. The monoisotopic (exact) mass is 241 g/mol. The van der Waals surface area contributed by atoms with Crippen LogP contribution in [0.1, 0.15) is 5.56 Å². The third-order valence-electron chi connectivity index (χ3n) is 2.61. The number of aromatic nitrogens is 1. The number of urea groups is 1. The lowest BCUT2D eigenvalue weighted by Gasteiger charge is -2.17. The van der Waals surface area contributed by atoms with E-state index in [1.807, 2.05) is 42.5 Å². The minimum Gasteiger partial charge on any atom is -0.334 e. The Morgan fingerprint density at radius 2 is 2.00 bits per heavy atom. The maximum Gasteiger partial charge on any atom is 0.321 e. The van der Waals surface area contributed by atoms with Crippen molar-refractivity contribution in [3.05, 3.63) is 60.4 Å². The van der Waals surface area contributed by atoms with Gasteiger partial charge in [-0.3, -0.25) is 9.88 Å². The van der Waals surface area contributed by atoms with Crippen LogP contribution in [0.5, 0.6) is 0 Å². The number of nitrogens with one attached hydrogen (secondary N) is 1. The molecule has 0 aliphatic heterocycles. The van der Waals surface area contributed by atoms with E-state index < -0.39 is 0 Å². The van der Waals surface area contributed by atoms with Crippen LogP contribution >= 0.6 is 0 Å². The van der Waals surface area contributed by atoms with Crippen LogP contribution < -0.4 is 10.2 Å². The fraction of sp³-hybridized carbons (Fsp3) is 0.143. The van der Waals surface area contributed by atoms with E-state index in [9.17, 15) is 4.79 Å². The Bertz CT molecular complexity index is 499. The minimum absolute atomic E-state index is 0.134. The summed E-state index contributed by atoms with van der Waals surface area (Å²) in [7, 11) is 1.74. The van der Waals surface area contributed by atoms with Gasteiger partial charge in [0.05, 0.1) is 0 Å². The molecule has 2 amide bonds. The molecule has 0 saturated heterocycles. The zero-order valence-electron chi connectivity index (χ0n) is 10.2.